The fraction of sp³-hybridized carbons (Fsp3) is 0.444. The summed E-state index contributed by atoms with van der Waals surface area (Å²) in [4.78, 5) is 3.93. The van der Waals surface area contributed by atoms with Gasteiger partial charge in [-0.25, -0.2) is 4.98 Å². The van der Waals surface area contributed by atoms with Gasteiger partial charge < -0.3 is 9.30 Å². The monoisotopic (exact) mass is 166 g/mol. The molecule has 1 aromatic heterocycles. The van der Waals surface area contributed by atoms with Crippen molar-refractivity contribution in [2.75, 3.05) is 6.61 Å². The SMILES string of the molecule is C=C(C)COC(C)n1ccnc1. The van der Waals surface area contributed by atoms with Crippen molar-refractivity contribution >= 4 is 0 Å². The Morgan fingerprint density at radius 3 is 3.00 bits per heavy atom. The highest BCUT2D eigenvalue weighted by Gasteiger charge is 2.01. The number of rotatable bonds is 4. The Balaban J connectivity index is 2.39. The molecule has 0 spiro atoms. The van der Waals surface area contributed by atoms with Gasteiger partial charge in [-0.15, -0.1) is 0 Å². The van der Waals surface area contributed by atoms with Crippen LogP contribution in [0.15, 0.2) is 30.9 Å². The molecule has 0 saturated heterocycles. The number of hydrogen-bond acceptors (Lipinski definition) is 2. The Hall–Kier alpha value is -1.09. The smallest absolute Gasteiger partial charge is 0.132 e. The highest BCUT2D eigenvalue weighted by atomic mass is 16.5. The van der Waals surface area contributed by atoms with Crippen LogP contribution in [-0.2, 0) is 4.74 Å². The van der Waals surface area contributed by atoms with E-state index in [1.807, 2.05) is 24.6 Å². The Kier molecular flexibility index (Phi) is 3.05. The van der Waals surface area contributed by atoms with Crippen LogP contribution in [0.25, 0.3) is 0 Å². The Bertz CT molecular complexity index is 241. The normalized spacial score (nSPS) is 12.8. The van der Waals surface area contributed by atoms with Crippen molar-refractivity contribution in [2.24, 2.45) is 0 Å². The molecule has 1 unspecified atom stereocenters. The van der Waals surface area contributed by atoms with Crippen molar-refractivity contribution in [3.05, 3.63) is 30.9 Å². The molecule has 0 fully saturated rings. The van der Waals surface area contributed by atoms with Crippen LogP contribution >= 0.6 is 0 Å². The number of ether oxygens (including phenoxy) is 1. The van der Waals surface area contributed by atoms with Crippen LogP contribution in [0.4, 0.5) is 0 Å². The van der Waals surface area contributed by atoms with E-state index in [2.05, 4.69) is 11.6 Å². The molecule has 0 aliphatic heterocycles. The van der Waals surface area contributed by atoms with E-state index in [1.165, 1.54) is 0 Å². The molecule has 1 atom stereocenters. The summed E-state index contributed by atoms with van der Waals surface area (Å²) in [5, 5.41) is 0. The second-order valence-corrected chi connectivity index (χ2v) is 2.88. The van der Waals surface area contributed by atoms with E-state index in [-0.39, 0.29) is 6.23 Å². The van der Waals surface area contributed by atoms with E-state index in [0.717, 1.165) is 5.57 Å². The van der Waals surface area contributed by atoms with Gasteiger partial charge in [-0.2, -0.15) is 0 Å². The van der Waals surface area contributed by atoms with Gasteiger partial charge >= 0.3 is 0 Å². The van der Waals surface area contributed by atoms with Crippen LogP contribution in [-0.4, -0.2) is 16.2 Å². The van der Waals surface area contributed by atoms with Gasteiger partial charge in [-0.05, 0) is 13.8 Å². The van der Waals surface area contributed by atoms with Crippen LogP contribution in [0.5, 0.6) is 0 Å². The van der Waals surface area contributed by atoms with Gasteiger partial charge in [-0.3, -0.25) is 0 Å². The van der Waals surface area contributed by atoms with Gasteiger partial charge in [0.25, 0.3) is 0 Å². The van der Waals surface area contributed by atoms with E-state index >= 15 is 0 Å². The minimum atomic E-state index is 0.0317. The second-order valence-electron chi connectivity index (χ2n) is 2.88. The standard InChI is InChI=1S/C9H14N2O/c1-8(2)6-12-9(3)11-5-4-10-7-11/h4-5,7,9H,1,6H2,2-3H3. The summed E-state index contributed by atoms with van der Waals surface area (Å²) in [5.74, 6) is 0. The average molecular weight is 166 g/mol. The minimum absolute atomic E-state index is 0.0317. The van der Waals surface area contributed by atoms with E-state index in [1.54, 1.807) is 12.5 Å². The van der Waals surface area contributed by atoms with Crippen LogP contribution in [0.2, 0.25) is 0 Å². The number of nitrogens with zero attached hydrogens (tertiary/aromatic N) is 2. The summed E-state index contributed by atoms with van der Waals surface area (Å²) in [6.45, 7) is 8.28. The zero-order valence-electron chi connectivity index (χ0n) is 7.53. The average Bonchev–Trinajstić information content (AvgIpc) is 2.51. The molecular weight excluding hydrogens is 152 g/mol. The predicted octanol–water partition coefficient (Wildman–Crippen LogP) is 1.99. The van der Waals surface area contributed by atoms with Crippen LogP contribution in [0, 0.1) is 0 Å². The third-order valence-electron chi connectivity index (χ3n) is 1.52. The van der Waals surface area contributed by atoms with Gasteiger partial charge in [0.15, 0.2) is 0 Å². The van der Waals surface area contributed by atoms with Crippen molar-refractivity contribution in [3.63, 3.8) is 0 Å². The summed E-state index contributed by atoms with van der Waals surface area (Å²) >= 11 is 0. The number of aromatic nitrogens is 2. The molecule has 0 saturated carbocycles. The van der Waals surface area contributed by atoms with Crippen LogP contribution in [0.3, 0.4) is 0 Å². The summed E-state index contributed by atoms with van der Waals surface area (Å²) in [5.41, 5.74) is 1.03. The zero-order chi connectivity index (χ0) is 8.97. The lowest BCUT2D eigenvalue weighted by molar-refractivity contribution is 0.0310. The van der Waals surface area contributed by atoms with E-state index in [0.29, 0.717) is 6.61 Å². The summed E-state index contributed by atoms with van der Waals surface area (Å²) in [6.07, 6.45) is 5.39. The molecule has 66 valence electrons. The first-order valence-corrected chi connectivity index (χ1v) is 3.93. The van der Waals surface area contributed by atoms with Crippen LogP contribution in [0.1, 0.15) is 20.1 Å². The molecule has 1 heterocycles. The van der Waals surface area contributed by atoms with Crippen molar-refractivity contribution in [2.45, 2.75) is 20.1 Å². The lowest BCUT2D eigenvalue weighted by Crippen LogP contribution is -2.08. The Morgan fingerprint density at radius 2 is 2.50 bits per heavy atom. The van der Waals surface area contributed by atoms with Gasteiger partial charge in [-0.1, -0.05) is 12.2 Å². The zero-order valence-corrected chi connectivity index (χ0v) is 7.53. The highest BCUT2D eigenvalue weighted by molar-refractivity contribution is 4.87. The first-order chi connectivity index (χ1) is 5.70. The Labute approximate surface area is 72.7 Å². The molecule has 0 aliphatic rings. The quantitative estimate of drug-likeness (QED) is 0.639. The lowest BCUT2D eigenvalue weighted by atomic mass is 10.4. The summed E-state index contributed by atoms with van der Waals surface area (Å²) in [6, 6.07) is 0. The lowest BCUT2D eigenvalue weighted by Gasteiger charge is -2.13. The topological polar surface area (TPSA) is 27.1 Å². The van der Waals surface area contributed by atoms with Gasteiger partial charge in [0.1, 0.15) is 6.23 Å². The van der Waals surface area contributed by atoms with Crippen molar-refractivity contribution < 1.29 is 4.74 Å². The number of hydrogen-bond donors (Lipinski definition) is 0. The second kappa shape index (κ2) is 4.07. The number of imidazole rings is 1. The van der Waals surface area contributed by atoms with E-state index < -0.39 is 0 Å². The fourth-order valence-corrected chi connectivity index (χ4v) is 0.833. The molecule has 0 aliphatic carbocycles. The summed E-state index contributed by atoms with van der Waals surface area (Å²) < 4.78 is 7.38. The van der Waals surface area contributed by atoms with E-state index in [4.69, 9.17) is 4.74 Å². The molecule has 1 aromatic rings. The minimum Gasteiger partial charge on any atom is -0.354 e. The molecule has 0 aromatic carbocycles. The molecule has 0 bridgehead atoms. The van der Waals surface area contributed by atoms with Gasteiger partial charge in [0, 0.05) is 12.4 Å². The fourth-order valence-electron chi connectivity index (χ4n) is 0.833. The first kappa shape index (κ1) is 9.00. The molecular formula is C9H14N2O. The molecule has 12 heavy (non-hydrogen) atoms. The van der Waals surface area contributed by atoms with Gasteiger partial charge in [0.05, 0.1) is 12.9 Å². The molecule has 0 amide bonds. The maximum atomic E-state index is 5.47. The molecule has 1 rings (SSSR count). The molecule has 0 radical (unpaired) electrons. The molecule has 3 nitrogen and oxygen atoms in total. The van der Waals surface area contributed by atoms with E-state index in [9.17, 15) is 0 Å². The predicted molar refractivity (Wildman–Crippen MR) is 47.7 cm³/mol. The maximum Gasteiger partial charge on any atom is 0.132 e. The van der Waals surface area contributed by atoms with Crippen molar-refractivity contribution in [3.8, 4) is 0 Å². The third-order valence-corrected chi connectivity index (χ3v) is 1.52. The van der Waals surface area contributed by atoms with Crippen LogP contribution < -0.4 is 0 Å². The largest absolute Gasteiger partial charge is 0.354 e. The van der Waals surface area contributed by atoms with Crippen molar-refractivity contribution in [1.29, 1.82) is 0 Å². The summed E-state index contributed by atoms with van der Waals surface area (Å²) in [7, 11) is 0. The Morgan fingerprint density at radius 1 is 1.75 bits per heavy atom. The third kappa shape index (κ3) is 2.51. The van der Waals surface area contributed by atoms with Gasteiger partial charge in [0.2, 0.25) is 0 Å². The van der Waals surface area contributed by atoms with Crippen molar-refractivity contribution in [1.82, 2.24) is 9.55 Å². The first-order valence-electron chi connectivity index (χ1n) is 3.93. The highest BCUT2D eigenvalue weighted by Crippen LogP contribution is 2.07. The maximum absolute atomic E-state index is 5.47. The molecule has 0 N–H and O–H groups in total. The molecule has 3 heteroatoms.